The first kappa shape index (κ1) is 50.8. The lowest BCUT2D eigenvalue weighted by Crippen LogP contribution is -2.67. The number of carbonyl (C=O) groups excluding carboxylic acids is 1. The number of ether oxygens (including phenoxy) is 8. The zero-order chi connectivity index (χ0) is 47.8. The van der Waals surface area contributed by atoms with Crippen LogP contribution in [0.25, 0.3) is 0 Å². The first-order valence-corrected chi connectivity index (χ1v) is 23.3. The Morgan fingerprint density at radius 1 is 0.606 bits per heavy atom. The van der Waals surface area contributed by atoms with Crippen molar-refractivity contribution in [3.63, 3.8) is 0 Å². The van der Waals surface area contributed by atoms with Crippen molar-refractivity contribution in [2.75, 3.05) is 26.4 Å². The van der Waals surface area contributed by atoms with Gasteiger partial charge in [0, 0.05) is 12.3 Å². The van der Waals surface area contributed by atoms with Crippen LogP contribution in [0.3, 0.4) is 0 Å². The molecule has 22 heteroatoms. The van der Waals surface area contributed by atoms with Crippen LogP contribution in [0.5, 0.6) is 0 Å². The van der Waals surface area contributed by atoms with E-state index in [0.717, 1.165) is 18.4 Å². The maximum Gasteiger partial charge on any atom is 0.314 e. The molecule has 4 heterocycles. The Hall–Kier alpha value is -1.59. The van der Waals surface area contributed by atoms with Gasteiger partial charge in [0.25, 0.3) is 0 Å². The molecule has 66 heavy (non-hydrogen) atoms. The minimum absolute atomic E-state index is 0.0809. The van der Waals surface area contributed by atoms with Gasteiger partial charge in [-0.05, 0) is 74.5 Å². The van der Waals surface area contributed by atoms with E-state index in [2.05, 4.69) is 13.5 Å². The molecular formula is C44H70O22. The Labute approximate surface area is 381 Å². The Morgan fingerprint density at radius 2 is 1.17 bits per heavy atom. The molecule has 0 aromatic heterocycles. The Kier molecular flexibility index (Phi) is 15.0. The van der Waals surface area contributed by atoms with Gasteiger partial charge in [0.1, 0.15) is 85.5 Å². The molecule has 6 unspecified atom stereocenters. The quantitative estimate of drug-likeness (QED) is 0.0501. The number of esters is 1. The molecule has 4 aliphatic carbocycles. The number of aliphatic hydroxyl groups excluding tert-OH is 13. The molecule has 13 N–H and O–H groups in total. The van der Waals surface area contributed by atoms with Gasteiger partial charge in [0.15, 0.2) is 18.9 Å². The second-order valence-electron chi connectivity index (χ2n) is 20.7. The lowest BCUT2D eigenvalue weighted by Gasteiger charge is -2.64. The Bertz CT molecular complexity index is 1710. The van der Waals surface area contributed by atoms with E-state index in [1.165, 1.54) is 0 Å². The summed E-state index contributed by atoms with van der Waals surface area (Å²) in [4.78, 5) is 14.4. The van der Waals surface area contributed by atoms with Gasteiger partial charge in [-0.3, -0.25) is 4.79 Å². The molecule has 4 saturated heterocycles. The van der Waals surface area contributed by atoms with E-state index in [-0.39, 0.29) is 29.6 Å². The lowest BCUT2D eigenvalue weighted by molar-refractivity contribution is -0.393. The highest BCUT2D eigenvalue weighted by molar-refractivity contribution is 5.77. The first-order chi connectivity index (χ1) is 31.2. The summed E-state index contributed by atoms with van der Waals surface area (Å²) < 4.78 is 48.5. The van der Waals surface area contributed by atoms with Crippen molar-refractivity contribution in [2.45, 2.75) is 194 Å². The minimum atomic E-state index is -1.92. The number of hydrogen-bond donors (Lipinski definition) is 13. The number of fused-ring (bicyclic) bond motifs is 3. The smallest absolute Gasteiger partial charge is 0.314 e. The summed E-state index contributed by atoms with van der Waals surface area (Å²) in [5.41, 5.74) is -0.868. The summed E-state index contributed by atoms with van der Waals surface area (Å²) >= 11 is 0. The van der Waals surface area contributed by atoms with E-state index >= 15 is 0 Å². The molecule has 1 spiro atoms. The van der Waals surface area contributed by atoms with E-state index in [9.17, 15) is 71.2 Å². The Morgan fingerprint density at radius 3 is 1.80 bits per heavy atom. The molecule has 0 amide bonds. The largest absolute Gasteiger partial charge is 0.432 e. The third kappa shape index (κ3) is 8.71. The molecule has 22 nitrogen and oxygen atoms in total. The summed E-state index contributed by atoms with van der Waals surface area (Å²) in [6.45, 7) is 5.61. The third-order valence-electron chi connectivity index (χ3n) is 16.9. The van der Waals surface area contributed by atoms with Crippen molar-refractivity contribution in [3.8, 4) is 0 Å². The molecular weight excluding hydrogens is 880 g/mol. The van der Waals surface area contributed by atoms with Gasteiger partial charge in [-0.1, -0.05) is 25.5 Å². The normalized spacial score (nSPS) is 54.0. The molecule has 4 saturated carbocycles. The van der Waals surface area contributed by atoms with Crippen LogP contribution in [0.1, 0.15) is 71.6 Å². The van der Waals surface area contributed by atoms with Gasteiger partial charge < -0.3 is 104 Å². The van der Waals surface area contributed by atoms with Crippen molar-refractivity contribution in [2.24, 2.45) is 34.0 Å². The summed E-state index contributed by atoms with van der Waals surface area (Å²) in [7, 11) is 0. The number of hydrogen-bond acceptors (Lipinski definition) is 22. The van der Waals surface area contributed by atoms with Gasteiger partial charge in [-0.25, -0.2) is 0 Å². The van der Waals surface area contributed by atoms with Crippen molar-refractivity contribution in [1.82, 2.24) is 0 Å². The number of rotatable bonds is 12. The van der Waals surface area contributed by atoms with Crippen molar-refractivity contribution in [1.29, 1.82) is 0 Å². The highest BCUT2D eigenvalue weighted by Crippen LogP contribution is 2.72. The molecule has 4 aliphatic heterocycles. The highest BCUT2D eigenvalue weighted by Gasteiger charge is 2.68. The number of carbonyl (C=O) groups is 1. The van der Waals surface area contributed by atoms with Crippen LogP contribution in [0.15, 0.2) is 12.2 Å². The van der Waals surface area contributed by atoms with Crippen molar-refractivity contribution in [3.05, 3.63) is 12.2 Å². The average Bonchev–Trinajstić information content (AvgIpc) is 3.56. The maximum absolute atomic E-state index is 14.4. The molecule has 0 aromatic rings. The monoisotopic (exact) mass is 950 g/mol. The highest BCUT2D eigenvalue weighted by atomic mass is 16.8. The first-order valence-electron chi connectivity index (χ1n) is 23.3. The van der Waals surface area contributed by atoms with Crippen LogP contribution in [-0.4, -0.2) is 222 Å². The van der Waals surface area contributed by atoms with E-state index in [1.807, 2.05) is 6.92 Å². The fourth-order valence-corrected chi connectivity index (χ4v) is 13.4. The molecule has 0 radical (unpaired) electrons. The second kappa shape index (κ2) is 19.5. The third-order valence-corrected chi connectivity index (χ3v) is 16.9. The molecule has 2 bridgehead atoms. The molecule has 8 aliphatic rings. The number of aliphatic hydroxyl groups is 13. The predicted octanol–water partition coefficient (Wildman–Crippen LogP) is -4.23. The second-order valence-corrected chi connectivity index (χ2v) is 20.7. The maximum atomic E-state index is 14.4. The molecule has 0 aromatic carbocycles. The molecule has 378 valence electrons. The van der Waals surface area contributed by atoms with Crippen LogP contribution >= 0.6 is 0 Å². The van der Waals surface area contributed by atoms with Gasteiger partial charge in [0.2, 0.25) is 6.29 Å². The molecule has 8 rings (SSSR count). The standard InChI is InChI=1S/C44H70O22/c1-17-11-44-8-5-26-42(2,6-4-7-43(26,3)41(58)66-39-34(57)32(55)29(52)24(15-47)62-39)27(44)10-21(18(17)12-44)59-40-36(65-37-20(50)9-19(49)22(13-45)60-37)35(30(53)25(16-48)63-40)64-38-33(56)31(54)28(51)23(14-46)61-38/h18-40,45-57H,1,4-16H2,2-3H3/t18?,19-,20+,21?,22+,23+,24+,25+,26-,27?,28+,29+,30+,31-,32-,33+,34+,35?,36+,37-,38-,39?,40+,42+,43+,44?/m0/s1. The lowest BCUT2D eigenvalue weighted by atomic mass is 9.41. The Balaban J connectivity index is 1.08. The van der Waals surface area contributed by atoms with Gasteiger partial charge in [-0.15, -0.1) is 0 Å². The zero-order valence-electron chi connectivity index (χ0n) is 37.2. The van der Waals surface area contributed by atoms with Gasteiger partial charge in [0.05, 0.1) is 44.1 Å². The predicted molar refractivity (Wildman–Crippen MR) is 218 cm³/mol. The fraction of sp³-hybridized carbons (Fsp3) is 0.932. The van der Waals surface area contributed by atoms with Gasteiger partial charge >= 0.3 is 5.97 Å². The summed E-state index contributed by atoms with van der Waals surface area (Å²) in [5, 5.41) is 137. The minimum Gasteiger partial charge on any atom is -0.432 e. The SMILES string of the molecule is C=C1CC23CC[C@@H]4[C@](C)(C(=O)OC5O[C@H](CO)[C@@H](O)[C@H](O)[C@H]5O)CCC[C@@]4(C)C2CC(O[C@@H]2O[C@H](CO)[C@@H](O)C(O[C@@H]4O[C@H](CO)[C@@H](O)[C@H](O)[C@H]4O)[C@H]2O[C@@H]2O[C@H](CO)[C@@H](O)C[C@H]2O)C1C3. The van der Waals surface area contributed by atoms with Crippen molar-refractivity contribution >= 4 is 5.97 Å². The van der Waals surface area contributed by atoms with E-state index in [0.29, 0.717) is 38.5 Å². The molecule has 26 atom stereocenters. The summed E-state index contributed by atoms with van der Waals surface area (Å²) in [6, 6.07) is 0. The topological polar surface area (TPSA) is 354 Å². The van der Waals surface area contributed by atoms with Crippen LogP contribution in [0.2, 0.25) is 0 Å². The summed E-state index contributed by atoms with van der Waals surface area (Å²) in [6.07, 6.45) is -26.1. The van der Waals surface area contributed by atoms with Gasteiger partial charge in [-0.2, -0.15) is 0 Å². The molecule has 8 fully saturated rings. The average molecular weight is 951 g/mol. The van der Waals surface area contributed by atoms with Crippen LogP contribution in [0.4, 0.5) is 0 Å². The summed E-state index contributed by atoms with van der Waals surface area (Å²) in [5.74, 6) is -1.19. The van der Waals surface area contributed by atoms with Crippen molar-refractivity contribution < 1.29 is 109 Å². The van der Waals surface area contributed by atoms with Crippen LogP contribution in [0, 0.1) is 34.0 Å². The van der Waals surface area contributed by atoms with E-state index in [1.54, 1.807) is 0 Å². The zero-order valence-corrected chi connectivity index (χ0v) is 37.2. The van der Waals surface area contributed by atoms with E-state index < -0.39 is 166 Å². The van der Waals surface area contributed by atoms with Crippen LogP contribution < -0.4 is 0 Å². The van der Waals surface area contributed by atoms with Crippen LogP contribution in [-0.2, 0) is 42.7 Å². The van der Waals surface area contributed by atoms with E-state index in [4.69, 9.17) is 37.9 Å². The fourth-order valence-electron chi connectivity index (χ4n) is 13.4.